The molecule has 0 bridgehead atoms. The summed E-state index contributed by atoms with van der Waals surface area (Å²) in [6.45, 7) is 3.99. The zero-order chi connectivity index (χ0) is 19.9. The molecule has 1 amide bonds. The summed E-state index contributed by atoms with van der Waals surface area (Å²) >= 11 is 1.17. The summed E-state index contributed by atoms with van der Waals surface area (Å²) < 4.78 is 15.6. The van der Waals surface area contributed by atoms with Crippen molar-refractivity contribution in [3.63, 3.8) is 0 Å². The van der Waals surface area contributed by atoms with Crippen LogP contribution in [0, 0.1) is 0 Å². The molecule has 3 rings (SSSR count). The van der Waals surface area contributed by atoms with Gasteiger partial charge in [0.25, 0.3) is 11.1 Å². The lowest BCUT2D eigenvalue weighted by Crippen LogP contribution is -2.31. The molecule has 0 aliphatic rings. The number of amides is 1. The Morgan fingerprint density at radius 3 is 2.68 bits per heavy atom. The number of nitrogens with zero attached hydrogens (tertiary/aromatic N) is 2. The molecule has 0 fully saturated rings. The first kappa shape index (κ1) is 19.8. The molecule has 28 heavy (non-hydrogen) atoms. The summed E-state index contributed by atoms with van der Waals surface area (Å²) in [5.74, 6) is 1.50. The molecule has 0 unspecified atom stereocenters. The van der Waals surface area contributed by atoms with Gasteiger partial charge in [0, 0.05) is 29.6 Å². The third-order valence-corrected chi connectivity index (χ3v) is 4.90. The van der Waals surface area contributed by atoms with Crippen molar-refractivity contribution in [2.24, 2.45) is 0 Å². The average Bonchev–Trinajstić information content (AvgIpc) is 3.15. The fraction of sp³-hybridized carbons (Fsp3) is 0.286. The Hall–Kier alpha value is -2.93. The molecule has 3 aromatic rings. The highest BCUT2D eigenvalue weighted by atomic mass is 32.1. The zero-order valence-electron chi connectivity index (χ0n) is 16.1. The summed E-state index contributed by atoms with van der Waals surface area (Å²) in [5, 5.41) is 3.35. The molecule has 0 radical (unpaired) electrons. The van der Waals surface area contributed by atoms with Gasteiger partial charge in [0.15, 0.2) is 17.3 Å². The highest BCUT2D eigenvalue weighted by Gasteiger charge is 2.15. The zero-order valence-corrected chi connectivity index (χ0v) is 17.0. The number of hydrogen-bond donors (Lipinski definition) is 1. The lowest BCUT2D eigenvalue weighted by Gasteiger charge is -2.13. The third kappa shape index (κ3) is 5.07. The lowest BCUT2D eigenvalue weighted by molar-refractivity contribution is 0.0939. The number of benzene rings is 2. The van der Waals surface area contributed by atoms with E-state index in [-0.39, 0.29) is 11.9 Å². The van der Waals surface area contributed by atoms with Gasteiger partial charge in [-0.1, -0.05) is 37.3 Å². The van der Waals surface area contributed by atoms with E-state index in [0.29, 0.717) is 34.5 Å². The van der Waals surface area contributed by atoms with Gasteiger partial charge in [-0.3, -0.25) is 4.79 Å². The van der Waals surface area contributed by atoms with Crippen LogP contribution < -0.4 is 14.8 Å². The van der Waals surface area contributed by atoms with Crippen molar-refractivity contribution in [2.75, 3.05) is 7.11 Å². The molecule has 146 valence electrons. The van der Waals surface area contributed by atoms with Crippen LogP contribution in [0.2, 0.25) is 0 Å². The van der Waals surface area contributed by atoms with E-state index < -0.39 is 0 Å². The molecule has 0 aliphatic carbocycles. The number of aromatic nitrogens is 2. The topological polar surface area (TPSA) is 73.3 Å². The van der Waals surface area contributed by atoms with E-state index in [2.05, 4.69) is 14.7 Å². The van der Waals surface area contributed by atoms with E-state index in [0.717, 1.165) is 12.0 Å². The SMILES string of the molecule is CC[C@@H](C)NC(=O)c1ccc(OC)c(Oc2nc(Cc3ccccc3)ns2)c1. The molecule has 7 heteroatoms. The van der Waals surface area contributed by atoms with E-state index in [4.69, 9.17) is 9.47 Å². The van der Waals surface area contributed by atoms with Crippen molar-refractivity contribution in [1.82, 2.24) is 14.7 Å². The molecule has 1 heterocycles. The van der Waals surface area contributed by atoms with Crippen molar-refractivity contribution >= 4 is 17.4 Å². The minimum absolute atomic E-state index is 0.0997. The van der Waals surface area contributed by atoms with Crippen LogP contribution in [0.4, 0.5) is 0 Å². The van der Waals surface area contributed by atoms with Crippen LogP contribution in [-0.4, -0.2) is 28.4 Å². The molecule has 6 nitrogen and oxygen atoms in total. The van der Waals surface area contributed by atoms with Crippen LogP contribution in [0.5, 0.6) is 16.7 Å². The average molecular weight is 398 g/mol. The van der Waals surface area contributed by atoms with Gasteiger partial charge in [-0.05, 0) is 37.1 Å². The molecule has 1 N–H and O–H groups in total. The molecule has 1 atom stereocenters. The maximum atomic E-state index is 12.4. The minimum atomic E-state index is -0.149. The van der Waals surface area contributed by atoms with E-state index in [1.165, 1.54) is 11.5 Å². The second kappa shape index (κ2) is 9.32. The van der Waals surface area contributed by atoms with Crippen LogP contribution >= 0.6 is 11.5 Å². The van der Waals surface area contributed by atoms with Crippen molar-refractivity contribution in [2.45, 2.75) is 32.7 Å². The summed E-state index contributed by atoms with van der Waals surface area (Å²) in [6, 6.07) is 15.2. The molecule has 0 spiro atoms. The lowest BCUT2D eigenvalue weighted by atomic mass is 10.1. The van der Waals surface area contributed by atoms with E-state index in [9.17, 15) is 4.79 Å². The Kier molecular flexibility index (Phi) is 6.60. The quantitative estimate of drug-likeness (QED) is 0.608. The Labute approximate surface area is 168 Å². The van der Waals surface area contributed by atoms with Crippen LogP contribution in [0.1, 0.15) is 42.0 Å². The van der Waals surface area contributed by atoms with Gasteiger partial charge < -0.3 is 14.8 Å². The van der Waals surface area contributed by atoms with Gasteiger partial charge in [0.1, 0.15) is 0 Å². The normalized spacial score (nSPS) is 11.7. The van der Waals surface area contributed by atoms with Crippen LogP contribution in [-0.2, 0) is 6.42 Å². The third-order valence-electron chi connectivity index (χ3n) is 4.27. The van der Waals surface area contributed by atoms with Crippen molar-refractivity contribution in [3.8, 4) is 16.7 Å². The maximum Gasteiger partial charge on any atom is 0.298 e. The Balaban J connectivity index is 1.75. The second-order valence-corrected chi connectivity index (χ2v) is 7.10. The summed E-state index contributed by atoms with van der Waals surface area (Å²) in [4.78, 5) is 16.8. The van der Waals surface area contributed by atoms with E-state index >= 15 is 0 Å². The van der Waals surface area contributed by atoms with Crippen LogP contribution in [0.15, 0.2) is 48.5 Å². The molecule has 2 aromatic carbocycles. The van der Waals surface area contributed by atoms with Crippen LogP contribution in [0.3, 0.4) is 0 Å². The first-order chi connectivity index (χ1) is 13.6. The van der Waals surface area contributed by atoms with Crippen molar-refractivity contribution in [1.29, 1.82) is 0 Å². The standard InChI is InChI=1S/C21H23N3O3S/c1-4-14(2)22-20(25)16-10-11-17(26-3)18(13-16)27-21-23-19(24-28-21)12-15-8-6-5-7-9-15/h5-11,13-14H,4,12H2,1-3H3,(H,22,25)/t14-/m1/s1. The number of carbonyl (C=O) groups excluding carboxylic acids is 1. The summed E-state index contributed by atoms with van der Waals surface area (Å²) in [5.41, 5.74) is 1.64. The highest BCUT2D eigenvalue weighted by molar-refractivity contribution is 7.07. The fourth-order valence-corrected chi connectivity index (χ4v) is 3.09. The Morgan fingerprint density at radius 1 is 1.18 bits per heavy atom. The minimum Gasteiger partial charge on any atom is -0.493 e. The van der Waals surface area contributed by atoms with Crippen molar-refractivity contribution < 1.29 is 14.3 Å². The molecule has 1 aromatic heterocycles. The summed E-state index contributed by atoms with van der Waals surface area (Å²) in [6.07, 6.45) is 1.50. The summed E-state index contributed by atoms with van der Waals surface area (Å²) in [7, 11) is 1.56. The van der Waals surface area contributed by atoms with Gasteiger partial charge in [-0.15, -0.1) is 0 Å². The van der Waals surface area contributed by atoms with E-state index in [1.807, 2.05) is 44.2 Å². The largest absolute Gasteiger partial charge is 0.493 e. The maximum absolute atomic E-state index is 12.4. The first-order valence-electron chi connectivity index (χ1n) is 9.12. The first-order valence-corrected chi connectivity index (χ1v) is 9.89. The van der Waals surface area contributed by atoms with Crippen LogP contribution in [0.25, 0.3) is 0 Å². The molecule has 0 aliphatic heterocycles. The number of carbonyl (C=O) groups is 1. The number of hydrogen-bond acceptors (Lipinski definition) is 6. The smallest absolute Gasteiger partial charge is 0.298 e. The molecule has 0 saturated carbocycles. The predicted molar refractivity (Wildman–Crippen MR) is 109 cm³/mol. The predicted octanol–water partition coefficient (Wildman–Crippen LogP) is 4.46. The number of nitrogens with one attached hydrogen (secondary N) is 1. The monoisotopic (exact) mass is 397 g/mol. The Morgan fingerprint density at radius 2 is 1.96 bits per heavy atom. The number of rotatable bonds is 8. The van der Waals surface area contributed by atoms with E-state index in [1.54, 1.807) is 25.3 Å². The second-order valence-electron chi connectivity index (χ2n) is 6.39. The fourth-order valence-electron chi connectivity index (χ4n) is 2.53. The number of methoxy groups -OCH3 is 1. The highest BCUT2D eigenvalue weighted by Crippen LogP contribution is 2.33. The van der Waals surface area contributed by atoms with Crippen molar-refractivity contribution in [3.05, 3.63) is 65.5 Å². The van der Waals surface area contributed by atoms with Gasteiger partial charge >= 0.3 is 0 Å². The molecule has 0 saturated heterocycles. The Bertz CT molecular complexity index is 928. The number of ether oxygens (including phenoxy) is 2. The van der Waals surface area contributed by atoms with Gasteiger partial charge in [-0.2, -0.15) is 9.36 Å². The van der Waals surface area contributed by atoms with Gasteiger partial charge in [0.05, 0.1) is 7.11 Å². The molecular formula is C21H23N3O3S. The van der Waals surface area contributed by atoms with Gasteiger partial charge in [0.2, 0.25) is 0 Å². The van der Waals surface area contributed by atoms with Gasteiger partial charge in [-0.25, -0.2) is 0 Å². The molecular weight excluding hydrogens is 374 g/mol.